The summed E-state index contributed by atoms with van der Waals surface area (Å²) in [6.07, 6.45) is 16.4. The van der Waals surface area contributed by atoms with Crippen molar-refractivity contribution in [2.75, 3.05) is 20.2 Å². The molecule has 1 fully saturated rings. The first-order valence-electron chi connectivity index (χ1n) is 10.0. The largest absolute Gasteiger partial charge is 0.469 e. The second-order valence-electron chi connectivity index (χ2n) is 7.03. The number of hydrogen-bond acceptors (Lipinski definition) is 4. The smallest absolute Gasteiger partial charge is 0.305 e. The van der Waals surface area contributed by atoms with Gasteiger partial charge < -0.3 is 9.84 Å². The standard InChI is InChI=1S/C21H36ClNO3/c1-3-4-7-11-18(24)12-10-16-23-17-15-19(22)20(23)13-8-5-6-9-14-21(25)26-2/h5,8,10,12,18-20,24H,3-4,6-7,9,11,13-17H2,1-2H3/t18?,19-,20?/m1/s1. The molecule has 0 amide bonds. The molecule has 0 aromatic heterocycles. The number of halogens is 1. The topological polar surface area (TPSA) is 49.8 Å². The zero-order chi connectivity index (χ0) is 19.2. The first-order valence-corrected chi connectivity index (χ1v) is 10.5. The Bertz CT molecular complexity index is 439. The van der Waals surface area contributed by atoms with Crippen LogP contribution in [0.3, 0.4) is 0 Å². The third-order valence-corrected chi connectivity index (χ3v) is 5.41. The molecule has 1 aliphatic heterocycles. The molecule has 1 saturated heterocycles. The number of aliphatic hydroxyl groups is 1. The van der Waals surface area contributed by atoms with Gasteiger partial charge in [-0.05, 0) is 32.1 Å². The lowest BCUT2D eigenvalue weighted by Gasteiger charge is -2.23. The lowest BCUT2D eigenvalue weighted by molar-refractivity contribution is -0.140. The highest BCUT2D eigenvalue weighted by atomic mass is 35.5. The minimum absolute atomic E-state index is 0.148. The summed E-state index contributed by atoms with van der Waals surface area (Å²) >= 11 is 6.49. The Morgan fingerprint density at radius 2 is 2.12 bits per heavy atom. The van der Waals surface area contributed by atoms with Crippen molar-refractivity contribution >= 4 is 17.6 Å². The van der Waals surface area contributed by atoms with Crippen LogP contribution in [0.1, 0.15) is 64.7 Å². The van der Waals surface area contributed by atoms with E-state index in [1.807, 2.05) is 6.08 Å². The zero-order valence-electron chi connectivity index (χ0n) is 16.4. The first-order chi connectivity index (χ1) is 12.6. The fraction of sp³-hybridized carbons (Fsp3) is 0.762. The van der Waals surface area contributed by atoms with Gasteiger partial charge in [0.05, 0.1) is 18.6 Å². The van der Waals surface area contributed by atoms with Crippen LogP contribution in [0.5, 0.6) is 0 Å². The van der Waals surface area contributed by atoms with Crippen LogP contribution < -0.4 is 0 Å². The van der Waals surface area contributed by atoms with E-state index in [-0.39, 0.29) is 17.5 Å². The van der Waals surface area contributed by atoms with Gasteiger partial charge in [0.2, 0.25) is 0 Å². The van der Waals surface area contributed by atoms with Gasteiger partial charge in [-0.25, -0.2) is 0 Å². The van der Waals surface area contributed by atoms with Crippen LogP contribution >= 0.6 is 11.6 Å². The number of hydrogen-bond donors (Lipinski definition) is 1. The summed E-state index contributed by atoms with van der Waals surface area (Å²) in [5.74, 6) is -0.148. The van der Waals surface area contributed by atoms with Gasteiger partial charge in [-0.1, -0.05) is 50.5 Å². The summed E-state index contributed by atoms with van der Waals surface area (Å²) in [5, 5.41) is 10.2. The number of methoxy groups -OCH3 is 1. The molecule has 3 atom stereocenters. The molecule has 0 aromatic carbocycles. The van der Waals surface area contributed by atoms with Gasteiger partial charge >= 0.3 is 5.97 Å². The van der Waals surface area contributed by atoms with Gasteiger partial charge in [0, 0.05) is 25.6 Å². The molecule has 1 aliphatic rings. The number of ether oxygens (including phenoxy) is 1. The van der Waals surface area contributed by atoms with E-state index < -0.39 is 0 Å². The quantitative estimate of drug-likeness (QED) is 0.220. The summed E-state index contributed by atoms with van der Waals surface area (Å²) in [6, 6.07) is 0.343. The monoisotopic (exact) mass is 385 g/mol. The lowest BCUT2D eigenvalue weighted by atomic mass is 10.1. The van der Waals surface area contributed by atoms with E-state index in [0.29, 0.717) is 12.5 Å². The highest BCUT2D eigenvalue weighted by molar-refractivity contribution is 6.21. The van der Waals surface area contributed by atoms with Crippen LogP contribution in [0.2, 0.25) is 0 Å². The van der Waals surface area contributed by atoms with Crippen LogP contribution in [0.4, 0.5) is 0 Å². The number of carbonyl (C=O) groups is 1. The van der Waals surface area contributed by atoms with E-state index in [1.165, 1.54) is 20.0 Å². The summed E-state index contributed by atoms with van der Waals surface area (Å²) < 4.78 is 4.64. The molecule has 4 nitrogen and oxygen atoms in total. The molecule has 5 heteroatoms. The van der Waals surface area contributed by atoms with Gasteiger partial charge in [0.1, 0.15) is 0 Å². The molecule has 2 unspecified atom stereocenters. The van der Waals surface area contributed by atoms with Gasteiger partial charge in [-0.2, -0.15) is 0 Å². The summed E-state index contributed by atoms with van der Waals surface area (Å²) in [4.78, 5) is 13.5. The SMILES string of the molecule is CCCCCC(O)C=CCN1CC[C@@H](Cl)C1CC=CCCCC(=O)OC. The molecular weight excluding hydrogens is 350 g/mol. The number of alkyl halides is 1. The highest BCUT2D eigenvalue weighted by Gasteiger charge is 2.30. The molecule has 26 heavy (non-hydrogen) atoms. The van der Waals surface area contributed by atoms with E-state index in [0.717, 1.165) is 51.6 Å². The summed E-state index contributed by atoms with van der Waals surface area (Å²) in [7, 11) is 1.42. The molecule has 0 spiro atoms. The first kappa shape index (κ1) is 23.2. The van der Waals surface area contributed by atoms with Gasteiger partial charge in [0.25, 0.3) is 0 Å². The van der Waals surface area contributed by atoms with Crippen molar-refractivity contribution in [3.8, 4) is 0 Å². The summed E-state index contributed by atoms with van der Waals surface area (Å²) in [5.41, 5.74) is 0. The Balaban J connectivity index is 2.29. The lowest BCUT2D eigenvalue weighted by Crippen LogP contribution is -2.33. The second kappa shape index (κ2) is 14.2. The van der Waals surface area contributed by atoms with Crippen molar-refractivity contribution in [1.82, 2.24) is 4.90 Å². The molecule has 0 aliphatic carbocycles. The minimum Gasteiger partial charge on any atom is -0.469 e. The fourth-order valence-electron chi connectivity index (χ4n) is 3.27. The van der Waals surface area contributed by atoms with Crippen LogP contribution in [0.25, 0.3) is 0 Å². The van der Waals surface area contributed by atoms with Crippen molar-refractivity contribution in [3.63, 3.8) is 0 Å². The Labute approximate surface area is 164 Å². The van der Waals surface area contributed by atoms with Crippen LogP contribution in [0.15, 0.2) is 24.3 Å². The van der Waals surface area contributed by atoms with Gasteiger partial charge in [0.15, 0.2) is 0 Å². The summed E-state index contributed by atoms with van der Waals surface area (Å²) in [6.45, 7) is 4.02. The number of aliphatic hydroxyl groups excluding tert-OH is 1. The maximum atomic E-state index is 11.1. The van der Waals surface area contributed by atoms with Crippen LogP contribution in [-0.2, 0) is 9.53 Å². The average molecular weight is 386 g/mol. The average Bonchev–Trinajstić information content (AvgIpc) is 2.98. The molecule has 1 rings (SSSR count). The van der Waals surface area contributed by atoms with Crippen molar-refractivity contribution in [3.05, 3.63) is 24.3 Å². The van der Waals surface area contributed by atoms with Crippen LogP contribution in [-0.4, -0.2) is 53.7 Å². The maximum absolute atomic E-state index is 11.1. The number of likely N-dealkylation sites (tertiary alicyclic amines) is 1. The molecule has 150 valence electrons. The molecule has 0 aromatic rings. The van der Waals surface area contributed by atoms with E-state index in [4.69, 9.17) is 11.6 Å². The predicted octanol–water partition coefficient (Wildman–Crippen LogP) is 4.46. The fourth-order valence-corrected chi connectivity index (χ4v) is 3.63. The molecule has 0 saturated carbocycles. The minimum atomic E-state index is -0.330. The Morgan fingerprint density at radius 3 is 2.85 bits per heavy atom. The van der Waals surface area contributed by atoms with E-state index >= 15 is 0 Å². The van der Waals surface area contributed by atoms with Gasteiger partial charge in [-0.15, -0.1) is 11.6 Å². The van der Waals surface area contributed by atoms with Crippen molar-refractivity contribution in [2.45, 2.75) is 82.2 Å². The van der Waals surface area contributed by atoms with Crippen molar-refractivity contribution in [2.24, 2.45) is 0 Å². The molecule has 0 bridgehead atoms. The molecule has 1 heterocycles. The van der Waals surface area contributed by atoms with E-state index in [1.54, 1.807) is 0 Å². The predicted molar refractivity (Wildman–Crippen MR) is 109 cm³/mol. The number of allylic oxidation sites excluding steroid dienone is 1. The molecule has 1 N–H and O–H groups in total. The number of nitrogens with zero attached hydrogens (tertiary/aromatic N) is 1. The van der Waals surface area contributed by atoms with Crippen LogP contribution in [0, 0.1) is 0 Å². The molecular formula is C21H36ClNO3. The Hall–Kier alpha value is -0.840. The maximum Gasteiger partial charge on any atom is 0.305 e. The third-order valence-electron chi connectivity index (χ3n) is 4.90. The highest BCUT2D eigenvalue weighted by Crippen LogP contribution is 2.25. The molecule has 0 radical (unpaired) electrons. The number of unbranched alkanes of at least 4 members (excludes halogenated alkanes) is 3. The number of esters is 1. The second-order valence-corrected chi connectivity index (χ2v) is 7.59. The number of carbonyl (C=O) groups excluding carboxylic acids is 1. The van der Waals surface area contributed by atoms with E-state index in [2.05, 4.69) is 34.8 Å². The number of rotatable bonds is 13. The Morgan fingerprint density at radius 1 is 1.31 bits per heavy atom. The Kier molecular flexibility index (Phi) is 12.7. The normalized spacial score (nSPS) is 22.5. The van der Waals surface area contributed by atoms with Crippen molar-refractivity contribution in [1.29, 1.82) is 0 Å². The van der Waals surface area contributed by atoms with Gasteiger partial charge in [-0.3, -0.25) is 9.69 Å². The van der Waals surface area contributed by atoms with Crippen molar-refractivity contribution < 1.29 is 14.6 Å². The zero-order valence-corrected chi connectivity index (χ0v) is 17.2. The third kappa shape index (κ3) is 9.75. The van der Waals surface area contributed by atoms with E-state index in [9.17, 15) is 9.90 Å².